The summed E-state index contributed by atoms with van der Waals surface area (Å²) < 4.78 is 2.58. The topological polar surface area (TPSA) is 73.1 Å². The summed E-state index contributed by atoms with van der Waals surface area (Å²) in [4.78, 5) is 39.4. The Kier molecular flexibility index (Phi) is 5.73. The molecule has 1 atom stereocenters. The highest BCUT2D eigenvalue weighted by molar-refractivity contribution is 5.84. The molecule has 6 nitrogen and oxygen atoms in total. The molecule has 1 heterocycles. The minimum atomic E-state index is -0.752. The van der Waals surface area contributed by atoms with Crippen LogP contribution in [0.15, 0.2) is 46.0 Å². The van der Waals surface area contributed by atoms with Gasteiger partial charge < -0.3 is 5.32 Å². The van der Waals surface area contributed by atoms with Crippen molar-refractivity contribution in [2.45, 2.75) is 47.1 Å². The van der Waals surface area contributed by atoms with Crippen molar-refractivity contribution in [2.75, 3.05) is 6.54 Å². The Morgan fingerprint density at radius 2 is 1.76 bits per heavy atom. The van der Waals surface area contributed by atoms with Gasteiger partial charge in [-0.1, -0.05) is 24.6 Å². The van der Waals surface area contributed by atoms with Crippen LogP contribution < -0.4 is 16.6 Å². The number of amides is 1. The SMILES string of the molecule is CCCNC(=O)[C@H](C)n1c(=O)n(-c2ccc(C)c(C)c2)c(=O)c2cc(C)ccc21. The van der Waals surface area contributed by atoms with Crippen LogP contribution in [0.2, 0.25) is 0 Å². The quantitative estimate of drug-likeness (QED) is 0.724. The summed E-state index contributed by atoms with van der Waals surface area (Å²) in [7, 11) is 0. The van der Waals surface area contributed by atoms with E-state index in [-0.39, 0.29) is 11.5 Å². The average molecular weight is 393 g/mol. The molecule has 0 aliphatic carbocycles. The lowest BCUT2D eigenvalue weighted by Crippen LogP contribution is -2.43. The number of hydrogen-bond donors (Lipinski definition) is 1. The van der Waals surface area contributed by atoms with Gasteiger partial charge in [0, 0.05) is 6.54 Å². The van der Waals surface area contributed by atoms with Gasteiger partial charge in [0.2, 0.25) is 5.91 Å². The van der Waals surface area contributed by atoms with Crippen LogP contribution in [0.5, 0.6) is 0 Å². The van der Waals surface area contributed by atoms with Gasteiger partial charge in [-0.2, -0.15) is 0 Å². The van der Waals surface area contributed by atoms with Crippen LogP contribution in [0.1, 0.15) is 43.0 Å². The van der Waals surface area contributed by atoms with Crippen LogP contribution in [0.25, 0.3) is 16.6 Å². The largest absolute Gasteiger partial charge is 0.354 e. The van der Waals surface area contributed by atoms with Gasteiger partial charge in [-0.25, -0.2) is 9.36 Å². The zero-order valence-corrected chi connectivity index (χ0v) is 17.6. The van der Waals surface area contributed by atoms with Crippen LogP contribution in [-0.2, 0) is 4.79 Å². The maximum Gasteiger partial charge on any atom is 0.336 e. The number of nitrogens with one attached hydrogen (secondary N) is 1. The van der Waals surface area contributed by atoms with E-state index < -0.39 is 11.7 Å². The summed E-state index contributed by atoms with van der Waals surface area (Å²) in [5, 5.41) is 3.25. The van der Waals surface area contributed by atoms with Crippen LogP contribution in [0, 0.1) is 20.8 Å². The first-order chi connectivity index (χ1) is 13.8. The molecular weight excluding hydrogens is 366 g/mol. The smallest absolute Gasteiger partial charge is 0.336 e. The van der Waals surface area contributed by atoms with Gasteiger partial charge in [0.25, 0.3) is 5.56 Å². The molecule has 1 amide bonds. The van der Waals surface area contributed by atoms with Gasteiger partial charge in [-0.15, -0.1) is 0 Å². The number of carbonyl (C=O) groups excluding carboxylic acids is 1. The van der Waals surface area contributed by atoms with Crippen molar-refractivity contribution >= 4 is 16.8 Å². The molecule has 6 heteroatoms. The van der Waals surface area contributed by atoms with Gasteiger partial charge in [-0.05, 0) is 69.5 Å². The second-order valence-corrected chi connectivity index (χ2v) is 7.55. The van der Waals surface area contributed by atoms with Gasteiger partial charge in [0.1, 0.15) is 6.04 Å². The zero-order chi connectivity index (χ0) is 21.3. The molecule has 0 spiro atoms. The van der Waals surface area contributed by atoms with E-state index in [2.05, 4.69) is 5.32 Å². The molecule has 0 unspecified atom stereocenters. The zero-order valence-electron chi connectivity index (χ0n) is 17.6. The molecule has 1 aromatic heterocycles. The molecular formula is C23H27N3O3. The summed E-state index contributed by atoms with van der Waals surface area (Å²) in [6, 6.07) is 10.1. The van der Waals surface area contributed by atoms with Gasteiger partial charge in [0.05, 0.1) is 16.6 Å². The number of benzene rings is 2. The first kappa shape index (κ1) is 20.6. The van der Waals surface area contributed by atoms with Crippen molar-refractivity contribution in [2.24, 2.45) is 0 Å². The molecule has 3 rings (SSSR count). The first-order valence-electron chi connectivity index (χ1n) is 9.89. The van der Waals surface area contributed by atoms with Crippen molar-refractivity contribution < 1.29 is 4.79 Å². The van der Waals surface area contributed by atoms with Crippen LogP contribution in [-0.4, -0.2) is 21.6 Å². The lowest BCUT2D eigenvalue weighted by atomic mass is 10.1. The highest BCUT2D eigenvalue weighted by Gasteiger charge is 2.22. The van der Waals surface area contributed by atoms with Crippen molar-refractivity contribution in [3.05, 3.63) is 73.9 Å². The molecule has 29 heavy (non-hydrogen) atoms. The maximum atomic E-state index is 13.5. The van der Waals surface area contributed by atoms with E-state index in [9.17, 15) is 14.4 Å². The maximum absolute atomic E-state index is 13.5. The van der Waals surface area contributed by atoms with E-state index in [4.69, 9.17) is 0 Å². The standard InChI is InChI=1S/C23H27N3O3/c1-6-11-24-21(27)17(5)25-20-10-7-14(2)12-19(20)22(28)26(23(25)29)18-9-8-15(3)16(4)13-18/h7-10,12-13,17H,6,11H2,1-5H3,(H,24,27)/t17-/m0/s1. The molecule has 1 N–H and O–H groups in total. The van der Waals surface area contributed by atoms with E-state index in [1.54, 1.807) is 25.1 Å². The van der Waals surface area contributed by atoms with Crippen LogP contribution in [0.4, 0.5) is 0 Å². The third kappa shape index (κ3) is 3.75. The van der Waals surface area contributed by atoms with Crippen LogP contribution in [0.3, 0.4) is 0 Å². The number of rotatable bonds is 5. The summed E-state index contributed by atoms with van der Waals surface area (Å²) in [5.41, 5.74) is 3.04. The van der Waals surface area contributed by atoms with Crippen molar-refractivity contribution in [1.82, 2.24) is 14.5 Å². The molecule has 0 fully saturated rings. The van der Waals surface area contributed by atoms with Crippen molar-refractivity contribution in [3.8, 4) is 5.69 Å². The Morgan fingerprint density at radius 1 is 1.03 bits per heavy atom. The molecule has 0 saturated carbocycles. The number of fused-ring (bicyclic) bond motifs is 1. The average Bonchev–Trinajstić information content (AvgIpc) is 2.69. The van der Waals surface area contributed by atoms with Gasteiger partial charge in [0.15, 0.2) is 0 Å². The second kappa shape index (κ2) is 8.07. The summed E-state index contributed by atoms with van der Waals surface area (Å²) in [5.74, 6) is -0.249. The highest BCUT2D eigenvalue weighted by Crippen LogP contribution is 2.18. The third-order valence-electron chi connectivity index (χ3n) is 5.31. The van der Waals surface area contributed by atoms with E-state index in [1.807, 2.05) is 45.9 Å². The van der Waals surface area contributed by atoms with Crippen molar-refractivity contribution in [1.29, 1.82) is 0 Å². The molecule has 3 aromatic rings. The summed E-state index contributed by atoms with van der Waals surface area (Å²) in [6.07, 6.45) is 0.801. The van der Waals surface area contributed by atoms with E-state index in [0.29, 0.717) is 23.1 Å². The Labute approximate surface area is 169 Å². The second-order valence-electron chi connectivity index (χ2n) is 7.55. The minimum Gasteiger partial charge on any atom is -0.354 e. The monoisotopic (exact) mass is 393 g/mol. The Hall–Kier alpha value is -3.15. The molecule has 2 aromatic carbocycles. The molecule has 152 valence electrons. The predicted molar refractivity (Wildman–Crippen MR) is 116 cm³/mol. The third-order valence-corrected chi connectivity index (χ3v) is 5.31. The first-order valence-corrected chi connectivity index (χ1v) is 9.89. The Balaban J connectivity index is 2.36. The fourth-order valence-corrected chi connectivity index (χ4v) is 3.43. The van der Waals surface area contributed by atoms with Crippen LogP contribution >= 0.6 is 0 Å². The highest BCUT2D eigenvalue weighted by atomic mass is 16.2. The normalized spacial score (nSPS) is 12.2. The van der Waals surface area contributed by atoms with E-state index in [0.717, 1.165) is 27.7 Å². The van der Waals surface area contributed by atoms with Crippen molar-refractivity contribution in [3.63, 3.8) is 0 Å². The summed E-state index contributed by atoms with van der Waals surface area (Å²) >= 11 is 0. The molecule has 0 aliphatic rings. The van der Waals surface area contributed by atoms with E-state index in [1.165, 1.54) is 4.57 Å². The Bertz CT molecular complexity index is 1200. The van der Waals surface area contributed by atoms with E-state index >= 15 is 0 Å². The lowest BCUT2D eigenvalue weighted by Gasteiger charge is -2.20. The number of hydrogen-bond acceptors (Lipinski definition) is 3. The molecule has 0 radical (unpaired) electrons. The lowest BCUT2D eigenvalue weighted by molar-refractivity contribution is -0.123. The fraction of sp³-hybridized carbons (Fsp3) is 0.348. The molecule has 0 aliphatic heterocycles. The predicted octanol–water partition coefficient (Wildman–Crippen LogP) is 3.16. The molecule has 0 bridgehead atoms. The fourth-order valence-electron chi connectivity index (χ4n) is 3.43. The number of aryl methyl sites for hydroxylation is 3. The minimum absolute atomic E-state index is 0.249. The number of aromatic nitrogens is 2. The number of carbonyl (C=O) groups is 1. The Morgan fingerprint density at radius 3 is 2.41 bits per heavy atom. The summed E-state index contributed by atoms with van der Waals surface area (Å²) in [6.45, 7) is 9.99. The van der Waals surface area contributed by atoms with Gasteiger partial charge in [-0.3, -0.25) is 14.2 Å². The van der Waals surface area contributed by atoms with Gasteiger partial charge >= 0.3 is 5.69 Å². The molecule has 0 saturated heterocycles. The number of nitrogens with zero attached hydrogens (tertiary/aromatic N) is 2.